The molecule has 6 nitrogen and oxygen atoms in total. The van der Waals surface area contributed by atoms with Gasteiger partial charge < -0.3 is 29.3 Å². The number of hydrogen-bond donors (Lipinski definition) is 2. The fraction of sp³-hybridized carbons (Fsp3) is 0.158. The molecule has 4 rings (SSSR count). The van der Waals surface area contributed by atoms with Crippen LogP contribution in [0.3, 0.4) is 0 Å². The minimum Gasteiger partial charge on any atom is -0.495 e. The van der Waals surface area contributed by atoms with Gasteiger partial charge in [-0.2, -0.15) is 0 Å². The van der Waals surface area contributed by atoms with Gasteiger partial charge in [0.25, 0.3) is 0 Å². The maximum Gasteiger partial charge on any atom is 0.205 e. The molecule has 0 fully saturated rings. The molecular weight excluding hydrogens is 320 g/mol. The number of hydrogen-bond acceptors (Lipinski definition) is 6. The minimum absolute atomic E-state index is 0.528. The molecule has 0 saturated heterocycles. The van der Waals surface area contributed by atoms with Crippen molar-refractivity contribution in [1.29, 1.82) is 0 Å². The van der Waals surface area contributed by atoms with Crippen molar-refractivity contribution in [2.75, 3.05) is 32.0 Å². The Hall–Kier alpha value is -3.28. The van der Waals surface area contributed by atoms with E-state index in [0.717, 1.165) is 28.0 Å². The van der Waals surface area contributed by atoms with E-state index in [1.165, 1.54) is 0 Å². The number of nitrogens with one attached hydrogen (secondary N) is 2. The van der Waals surface area contributed by atoms with Crippen LogP contribution in [0.15, 0.2) is 47.2 Å². The molecule has 1 aliphatic rings. The van der Waals surface area contributed by atoms with Gasteiger partial charge in [-0.15, -0.1) is 0 Å². The molecule has 0 bridgehead atoms. The number of rotatable bonds is 4. The summed E-state index contributed by atoms with van der Waals surface area (Å²) >= 11 is 0. The summed E-state index contributed by atoms with van der Waals surface area (Å²) in [6.45, 7) is 0. The highest BCUT2D eigenvalue weighted by molar-refractivity contribution is 6.01. The van der Waals surface area contributed by atoms with Gasteiger partial charge in [0.15, 0.2) is 11.3 Å². The highest BCUT2D eigenvalue weighted by Gasteiger charge is 2.27. The maximum atomic E-state index is 5.70. The Balaban J connectivity index is 1.96. The van der Waals surface area contributed by atoms with Gasteiger partial charge in [-0.05, 0) is 18.2 Å². The molecule has 0 radical (unpaired) electrons. The lowest BCUT2D eigenvalue weighted by Crippen LogP contribution is -2.11. The second-order valence-electron chi connectivity index (χ2n) is 5.51. The van der Waals surface area contributed by atoms with Crippen LogP contribution in [-0.4, -0.2) is 21.3 Å². The van der Waals surface area contributed by atoms with Crippen molar-refractivity contribution >= 4 is 28.0 Å². The van der Waals surface area contributed by atoms with E-state index in [1.54, 1.807) is 27.6 Å². The lowest BCUT2D eigenvalue weighted by Gasteiger charge is -2.24. The topological polar surface area (TPSA) is 64.9 Å². The zero-order valence-electron chi connectivity index (χ0n) is 14.2. The van der Waals surface area contributed by atoms with Crippen molar-refractivity contribution < 1.29 is 18.6 Å². The van der Waals surface area contributed by atoms with Crippen LogP contribution in [0.5, 0.6) is 17.2 Å². The Labute approximate surface area is 145 Å². The molecule has 2 N–H and O–H groups in total. The third-order valence-corrected chi connectivity index (χ3v) is 4.23. The van der Waals surface area contributed by atoms with Gasteiger partial charge >= 0.3 is 0 Å². The van der Waals surface area contributed by atoms with Crippen molar-refractivity contribution in [2.24, 2.45) is 0 Å². The van der Waals surface area contributed by atoms with Gasteiger partial charge in [-0.1, -0.05) is 12.1 Å². The van der Waals surface area contributed by atoms with E-state index in [4.69, 9.17) is 18.6 Å². The van der Waals surface area contributed by atoms with E-state index in [2.05, 4.69) is 10.6 Å². The van der Waals surface area contributed by atoms with Crippen molar-refractivity contribution in [3.05, 3.63) is 48.4 Å². The second-order valence-corrected chi connectivity index (χ2v) is 5.51. The first-order valence-corrected chi connectivity index (χ1v) is 7.80. The Morgan fingerprint density at radius 2 is 1.56 bits per heavy atom. The summed E-state index contributed by atoms with van der Waals surface area (Å²) in [6.07, 6.45) is 3.49. The van der Waals surface area contributed by atoms with Crippen molar-refractivity contribution in [2.45, 2.75) is 0 Å². The van der Waals surface area contributed by atoms with Gasteiger partial charge in [-0.25, -0.2) is 0 Å². The third-order valence-electron chi connectivity index (χ3n) is 4.23. The molecule has 0 unspecified atom stereocenters. The van der Waals surface area contributed by atoms with Crippen LogP contribution in [0.1, 0.15) is 5.56 Å². The van der Waals surface area contributed by atoms with E-state index < -0.39 is 0 Å². The zero-order valence-corrected chi connectivity index (χ0v) is 14.2. The summed E-state index contributed by atoms with van der Waals surface area (Å²) in [7, 11) is 4.81. The molecule has 6 heteroatoms. The quantitative estimate of drug-likeness (QED) is 0.740. The Morgan fingerprint density at radius 3 is 2.28 bits per heavy atom. The van der Waals surface area contributed by atoms with E-state index in [0.29, 0.717) is 22.8 Å². The van der Waals surface area contributed by atoms with Gasteiger partial charge in [0, 0.05) is 6.20 Å². The van der Waals surface area contributed by atoms with Crippen LogP contribution in [0.2, 0.25) is 0 Å². The predicted molar refractivity (Wildman–Crippen MR) is 97.5 cm³/mol. The number of anilines is 2. The maximum absolute atomic E-state index is 5.70. The smallest absolute Gasteiger partial charge is 0.205 e. The molecule has 0 saturated carbocycles. The first-order chi connectivity index (χ1) is 12.3. The summed E-state index contributed by atoms with van der Waals surface area (Å²) in [4.78, 5) is 0. The number of benzene rings is 2. The molecule has 2 heterocycles. The summed E-state index contributed by atoms with van der Waals surface area (Å²) in [5, 5.41) is 7.53. The first-order valence-electron chi connectivity index (χ1n) is 7.80. The Bertz CT molecular complexity index is 975. The number of fused-ring (bicyclic) bond motifs is 2. The molecule has 0 amide bonds. The summed E-state index contributed by atoms with van der Waals surface area (Å²) in [6, 6.07) is 9.81. The van der Waals surface area contributed by atoms with Gasteiger partial charge in [-0.3, -0.25) is 0 Å². The SMILES string of the molecule is COc1c(C2=CNc3ccccc3N2)c(OC)c2ccoc2c1OC. The highest BCUT2D eigenvalue weighted by atomic mass is 16.5. The molecular formula is C19H18N2O4. The van der Waals surface area contributed by atoms with Crippen molar-refractivity contribution in [1.82, 2.24) is 0 Å². The van der Waals surface area contributed by atoms with Crippen LogP contribution in [0.4, 0.5) is 11.4 Å². The summed E-state index contributed by atoms with van der Waals surface area (Å²) in [5.74, 6) is 1.72. The highest BCUT2D eigenvalue weighted by Crippen LogP contribution is 2.49. The average molecular weight is 338 g/mol. The second kappa shape index (κ2) is 5.98. The number of para-hydroxylation sites is 2. The Morgan fingerprint density at radius 1 is 0.840 bits per heavy atom. The van der Waals surface area contributed by atoms with Crippen molar-refractivity contribution in [3.63, 3.8) is 0 Å². The predicted octanol–water partition coefficient (Wildman–Crippen LogP) is 4.29. The van der Waals surface area contributed by atoms with Crippen LogP contribution in [0.25, 0.3) is 16.7 Å². The molecule has 2 aromatic carbocycles. The lowest BCUT2D eigenvalue weighted by atomic mass is 10.0. The molecule has 1 aromatic heterocycles. The van der Waals surface area contributed by atoms with Crippen LogP contribution < -0.4 is 24.8 Å². The monoisotopic (exact) mass is 338 g/mol. The minimum atomic E-state index is 0.528. The average Bonchev–Trinajstić information content (AvgIpc) is 3.14. The lowest BCUT2D eigenvalue weighted by molar-refractivity contribution is 0.347. The van der Waals surface area contributed by atoms with Crippen LogP contribution in [0, 0.1) is 0 Å². The summed E-state index contributed by atoms with van der Waals surface area (Å²) < 4.78 is 22.5. The largest absolute Gasteiger partial charge is 0.495 e. The number of methoxy groups -OCH3 is 3. The van der Waals surface area contributed by atoms with E-state index in [-0.39, 0.29) is 0 Å². The fourth-order valence-corrected chi connectivity index (χ4v) is 3.14. The molecule has 128 valence electrons. The first kappa shape index (κ1) is 15.3. The Kier molecular flexibility index (Phi) is 3.65. The summed E-state index contributed by atoms with van der Waals surface area (Å²) in [5.41, 5.74) is 4.13. The van der Waals surface area contributed by atoms with Crippen LogP contribution in [-0.2, 0) is 0 Å². The molecule has 0 spiro atoms. The molecule has 0 atom stereocenters. The normalized spacial score (nSPS) is 12.7. The van der Waals surface area contributed by atoms with Crippen LogP contribution >= 0.6 is 0 Å². The van der Waals surface area contributed by atoms with E-state index in [1.807, 2.05) is 36.5 Å². The zero-order chi connectivity index (χ0) is 17.4. The van der Waals surface area contributed by atoms with Gasteiger partial charge in [0.05, 0.1) is 55.6 Å². The standard InChI is InChI=1S/C19H18N2O4/c1-22-16-11-8-9-25-17(11)19(24-3)18(23-2)15(16)14-10-20-12-6-4-5-7-13(12)21-14/h4-10,20-21H,1-3H3. The molecule has 0 aliphatic carbocycles. The van der Waals surface area contributed by atoms with E-state index in [9.17, 15) is 0 Å². The van der Waals surface area contributed by atoms with Crippen molar-refractivity contribution in [3.8, 4) is 17.2 Å². The van der Waals surface area contributed by atoms with Gasteiger partial charge in [0.2, 0.25) is 5.75 Å². The third kappa shape index (κ3) is 2.26. The molecule has 1 aliphatic heterocycles. The fourth-order valence-electron chi connectivity index (χ4n) is 3.14. The van der Waals surface area contributed by atoms with E-state index >= 15 is 0 Å². The molecule has 25 heavy (non-hydrogen) atoms. The number of furan rings is 1. The molecule has 3 aromatic rings. The number of ether oxygens (including phenoxy) is 3. The van der Waals surface area contributed by atoms with Gasteiger partial charge in [0.1, 0.15) is 5.75 Å².